The van der Waals surface area contributed by atoms with Crippen molar-refractivity contribution in [2.45, 2.75) is 57.0 Å². The van der Waals surface area contributed by atoms with Crippen LogP contribution in [0.5, 0.6) is 11.5 Å². The van der Waals surface area contributed by atoms with Crippen molar-refractivity contribution in [2.75, 3.05) is 14.2 Å². The molecule has 1 atom stereocenters. The molecule has 3 heteroatoms. The summed E-state index contributed by atoms with van der Waals surface area (Å²) < 4.78 is 10.8. The van der Waals surface area contributed by atoms with E-state index in [0.29, 0.717) is 11.5 Å². The molecule has 0 saturated heterocycles. The smallest absolute Gasteiger partial charge is 0.161 e. The molecule has 2 aromatic rings. The molecule has 3 nitrogen and oxygen atoms in total. The van der Waals surface area contributed by atoms with Gasteiger partial charge in [-0.15, -0.1) is 0 Å². The highest BCUT2D eigenvalue weighted by molar-refractivity contribution is 5.42. The Labute approximate surface area is 163 Å². The van der Waals surface area contributed by atoms with Gasteiger partial charge in [-0.2, -0.15) is 0 Å². The van der Waals surface area contributed by atoms with E-state index in [4.69, 9.17) is 9.47 Å². The van der Waals surface area contributed by atoms with E-state index in [9.17, 15) is 0 Å². The molecule has 144 valence electrons. The summed E-state index contributed by atoms with van der Waals surface area (Å²) >= 11 is 0. The maximum absolute atomic E-state index is 5.43. The Bertz CT molecular complexity index is 750. The molecule has 2 aromatic carbocycles. The van der Waals surface area contributed by atoms with Gasteiger partial charge in [-0.3, -0.25) is 0 Å². The molecule has 2 saturated carbocycles. The third-order valence-corrected chi connectivity index (χ3v) is 6.92. The van der Waals surface area contributed by atoms with Crippen LogP contribution in [-0.4, -0.2) is 20.3 Å². The zero-order chi connectivity index (χ0) is 18.7. The maximum atomic E-state index is 5.43. The number of benzene rings is 2. The van der Waals surface area contributed by atoms with Gasteiger partial charge in [0.05, 0.1) is 14.2 Å². The second-order valence-corrected chi connectivity index (χ2v) is 8.21. The Balaban J connectivity index is 1.34. The normalized spacial score (nSPS) is 27.2. The molecule has 1 spiro atoms. The minimum atomic E-state index is 0.530. The molecule has 0 heterocycles. The molecule has 27 heavy (non-hydrogen) atoms. The number of nitrogens with one attached hydrogen (secondary N) is 1. The van der Waals surface area contributed by atoms with Gasteiger partial charge in [-0.05, 0) is 73.1 Å². The fourth-order valence-electron chi connectivity index (χ4n) is 5.10. The van der Waals surface area contributed by atoms with Gasteiger partial charge < -0.3 is 14.8 Å². The minimum absolute atomic E-state index is 0.530. The Kier molecular flexibility index (Phi) is 5.40. The van der Waals surface area contributed by atoms with Crippen LogP contribution < -0.4 is 14.8 Å². The van der Waals surface area contributed by atoms with Crippen LogP contribution in [0.25, 0.3) is 0 Å². The zero-order valence-electron chi connectivity index (χ0n) is 16.5. The highest BCUT2D eigenvalue weighted by atomic mass is 16.5. The lowest BCUT2D eigenvalue weighted by Gasteiger charge is -2.54. The van der Waals surface area contributed by atoms with E-state index in [0.717, 1.165) is 24.0 Å². The summed E-state index contributed by atoms with van der Waals surface area (Å²) in [6, 6.07) is 17.9. The predicted molar refractivity (Wildman–Crippen MR) is 109 cm³/mol. The van der Waals surface area contributed by atoms with Crippen molar-refractivity contribution in [2.24, 2.45) is 5.41 Å². The average molecular weight is 366 g/mol. The predicted octanol–water partition coefficient (Wildman–Crippen LogP) is 5.30. The first-order chi connectivity index (χ1) is 13.2. The molecular formula is C24H31NO2. The summed E-state index contributed by atoms with van der Waals surface area (Å²) in [5.74, 6) is 2.35. The summed E-state index contributed by atoms with van der Waals surface area (Å²) in [5.41, 5.74) is 3.32. The third-order valence-electron chi connectivity index (χ3n) is 6.92. The molecule has 4 rings (SSSR count). The van der Waals surface area contributed by atoms with Crippen LogP contribution >= 0.6 is 0 Å². The van der Waals surface area contributed by atoms with Crippen molar-refractivity contribution in [3.05, 3.63) is 59.7 Å². The van der Waals surface area contributed by atoms with E-state index in [1.54, 1.807) is 14.2 Å². The van der Waals surface area contributed by atoms with Crippen LogP contribution in [0.3, 0.4) is 0 Å². The van der Waals surface area contributed by atoms with Crippen molar-refractivity contribution in [1.82, 2.24) is 5.32 Å². The lowest BCUT2D eigenvalue weighted by Crippen LogP contribution is -2.54. The third kappa shape index (κ3) is 3.70. The highest BCUT2D eigenvalue weighted by Crippen LogP contribution is 2.54. The molecule has 0 amide bonds. The summed E-state index contributed by atoms with van der Waals surface area (Å²) in [7, 11) is 3.38. The zero-order valence-corrected chi connectivity index (χ0v) is 16.5. The first kappa shape index (κ1) is 18.4. The summed E-state index contributed by atoms with van der Waals surface area (Å²) in [5, 5.41) is 3.84. The Morgan fingerprint density at radius 1 is 0.889 bits per heavy atom. The van der Waals surface area contributed by atoms with E-state index in [2.05, 4.69) is 47.8 Å². The number of hydrogen-bond donors (Lipinski definition) is 1. The highest BCUT2D eigenvalue weighted by Gasteiger charge is 2.48. The Morgan fingerprint density at radius 3 is 2.22 bits per heavy atom. The molecule has 0 unspecified atom stereocenters. The van der Waals surface area contributed by atoms with Crippen LogP contribution in [-0.2, 0) is 6.54 Å². The minimum Gasteiger partial charge on any atom is -0.493 e. The molecule has 0 aromatic heterocycles. The summed E-state index contributed by atoms with van der Waals surface area (Å²) in [6.45, 7) is 0.898. The van der Waals surface area contributed by atoms with Gasteiger partial charge in [0.1, 0.15) is 0 Å². The number of methoxy groups -OCH3 is 2. The van der Waals surface area contributed by atoms with Crippen molar-refractivity contribution < 1.29 is 9.47 Å². The van der Waals surface area contributed by atoms with Crippen molar-refractivity contribution in [3.8, 4) is 11.5 Å². The summed E-state index contributed by atoms with van der Waals surface area (Å²) in [6.07, 6.45) is 8.07. The SMILES string of the molecule is COc1ccc(CN[C@H]2CCC23CCC(c2ccccc2)CC3)cc1OC. The molecule has 0 radical (unpaired) electrons. The van der Waals surface area contributed by atoms with E-state index < -0.39 is 0 Å². The number of rotatable bonds is 6. The summed E-state index contributed by atoms with van der Waals surface area (Å²) in [4.78, 5) is 0. The maximum Gasteiger partial charge on any atom is 0.161 e. The first-order valence-corrected chi connectivity index (χ1v) is 10.2. The van der Waals surface area contributed by atoms with Crippen LogP contribution in [0, 0.1) is 5.41 Å². The largest absolute Gasteiger partial charge is 0.493 e. The van der Waals surface area contributed by atoms with Gasteiger partial charge in [0, 0.05) is 12.6 Å². The second kappa shape index (κ2) is 7.93. The molecule has 2 fully saturated rings. The monoisotopic (exact) mass is 365 g/mol. The molecule has 2 aliphatic carbocycles. The van der Waals surface area contributed by atoms with Gasteiger partial charge in [-0.25, -0.2) is 0 Å². The van der Waals surface area contributed by atoms with E-state index in [-0.39, 0.29) is 0 Å². The van der Waals surface area contributed by atoms with Crippen LogP contribution in [0.15, 0.2) is 48.5 Å². The average Bonchev–Trinajstić information content (AvgIpc) is 2.73. The Hall–Kier alpha value is -2.00. The fourth-order valence-corrected chi connectivity index (χ4v) is 5.10. The fraction of sp³-hybridized carbons (Fsp3) is 0.500. The van der Waals surface area contributed by atoms with Crippen LogP contribution in [0.4, 0.5) is 0 Å². The lowest BCUT2D eigenvalue weighted by molar-refractivity contribution is 0.0164. The second-order valence-electron chi connectivity index (χ2n) is 8.21. The molecule has 1 N–H and O–H groups in total. The topological polar surface area (TPSA) is 30.5 Å². The molecule has 0 aliphatic heterocycles. The molecular weight excluding hydrogens is 334 g/mol. The van der Waals surface area contributed by atoms with Crippen molar-refractivity contribution in [1.29, 1.82) is 0 Å². The van der Waals surface area contributed by atoms with E-state index in [1.807, 2.05) is 6.07 Å². The van der Waals surface area contributed by atoms with Crippen LogP contribution in [0.2, 0.25) is 0 Å². The van der Waals surface area contributed by atoms with Gasteiger partial charge in [0.15, 0.2) is 11.5 Å². The number of hydrogen-bond acceptors (Lipinski definition) is 3. The quantitative estimate of drug-likeness (QED) is 0.753. The van der Waals surface area contributed by atoms with Gasteiger partial charge >= 0.3 is 0 Å². The standard InChI is InChI=1S/C24H31NO2/c1-26-21-9-8-18(16-22(21)27-2)17-25-23-12-15-24(23)13-10-20(11-14-24)19-6-4-3-5-7-19/h3-9,16,20,23,25H,10-15,17H2,1-2H3/t20?,23-,24?/m0/s1. The van der Waals surface area contributed by atoms with Gasteiger partial charge in [0.2, 0.25) is 0 Å². The Morgan fingerprint density at radius 2 is 1.59 bits per heavy atom. The van der Waals surface area contributed by atoms with Crippen molar-refractivity contribution >= 4 is 0 Å². The van der Waals surface area contributed by atoms with Gasteiger partial charge in [-0.1, -0.05) is 36.4 Å². The molecule has 0 bridgehead atoms. The van der Waals surface area contributed by atoms with Crippen molar-refractivity contribution in [3.63, 3.8) is 0 Å². The van der Waals surface area contributed by atoms with Gasteiger partial charge in [0.25, 0.3) is 0 Å². The van der Waals surface area contributed by atoms with E-state index >= 15 is 0 Å². The van der Waals surface area contributed by atoms with Crippen LogP contribution in [0.1, 0.15) is 55.6 Å². The molecule has 2 aliphatic rings. The lowest BCUT2D eigenvalue weighted by atomic mass is 9.55. The van der Waals surface area contributed by atoms with E-state index in [1.165, 1.54) is 49.7 Å². The first-order valence-electron chi connectivity index (χ1n) is 10.2. The number of ether oxygens (including phenoxy) is 2.